The van der Waals surface area contributed by atoms with Gasteiger partial charge in [-0.2, -0.15) is 0 Å². The van der Waals surface area contributed by atoms with Crippen molar-refractivity contribution in [3.63, 3.8) is 0 Å². The number of anilines is 1. The summed E-state index contributed by atoms with van der Waals surface area (Å²) in [7, 11) is 0. The van der Waals surface area contributed by atoms with Gasteiger partial charge in [0.25, 0.3) is 0 Å². The molecule has 3 aromatic rings. The highest BCUT2D eigenvalue weighted by atomic mass is 35.5. The van der Waals surface area contributed by atoms with Crippen LogP contribution in [0.4, 0.5) is 5.69 Å². The summed E-state index contributed by atoms with van der Waals surface area (Å²) in [6.45, 7) is 5.03. The molecule has 0 aliphatic heterocycles. The Balaban J connectivity index is 1.83. The molecular weight excluding hydrogens is 268 g/mol. The molecule has 20 heavy (non-hydrogen) atoms. The van der Waals surface area contributed by atoms with E-state index in [1.165, 1.54) is 22.1 Å². The quantitative estimate of drug-likeness (QED) is 0.692. The lowest BCUT2D eigenvalue weighted by Gasteiger charge is -2.08. The van der Waals surface area contributed by atoms with Crippen molar-refractivity contribution in [1.82, 2.24) is 4.98 Å². The first-order valence-electron chi connectivity index (χ1n) is 6.69. The van der Waals surface area contributed by atoms with Crippen LogP contribution in [0.15, 0.2) is 42.6 Å². The smallest absolute Gasteiger partial charge is 0.0472 e. The molecule has 2 nitrogen and oxygen atoms in total. The Kier molecular flexibility index (Phi) is 3.41. The third-order valence-corrected chi connectivity index (χ3v) is 3.67. The Morgan fingerprint density at radius 2 is 1.80 bits per heavy atom. The maximum atomic E-state index is 6.00. The first-order valence-corrected chi connectivity index (χ1v) is 7.07. The molecule has 0 unspecified atom stereocenters. The maximum Gasteiger partial charge on any atom is 0.0472 e. The van der Waals surface area contributed by atoms with Crippen LogP contribution in [0.2, 0.25) is 5.02 Å². The van der Waals surface area contributed by atoms with Crippen LogP contribution in [0, 0.1) is 13.8 Å². The van der Waals surface area contributed by atoms with E-state index in [0.29, 0.717) is 0 Å². The number of aromatic amines is 1. The van der Waals surface area contributed by atoms with E-state index in [-0.39, 0.29) is 0 Å². The summed E-state index contributed by atoms with van der Waals surface area (Å²) >= 11 is 6.00. The standard InChI is InChI=1S/C17H17ClN2/c1-11-5-12(2)7-15(6-11)19-9-13-10-20-17-8-14(18)3-4-16(13)17/h3-8,10,19-20H,9H2,1-2H3. The fraction of sp³-hybridized carbons (Fsp3) is 0.176. The van der Waals surface area contributed by atoms with Crippen molar-refractivity contribution >= 4 is 28.2 Å². The summed E-state index contributed by atoms with van der Waals surface area (Å²) in [6.07, 6.45) is 2.04. The van der Waals surface area contributed by atoms with E-state index in [9.17, 15) is 0 Å². The first kappa shape index (κ1) is 13.1. The van der Waals surface area contributed by atoms with Crippen LogP contribution in [0.5, 0.6) is 0 Å². The van der Waals surface area contributed by atoms with Crippen molar-refractivity contribution in [3.8, 4) is 0 Å². The molecule has 0 saturated heterocycles. The fourth-order valence-electron chi connectivity index (χ4n) is 2.58. The van der Waals surface area contributed by atoms with Crippen LogP contribution < -0.4 is 5.32 Å². The summed E-state index contributed by atoms with van der Waals surface area (Å²) in [5.74, 6) is 0. The Morgan fingerprint density at radius 3 is 2.55 bits per heavy atom. The monoisotopic (exact) mass is 284 g/mol. The van der Waals surface area contributed by atoms with Crippen molar-refractivity contribution in [1.29, 1.82) is 0 Å². The molecule has 0 amide bonds. The number of aryl methyl sites for hydroxylation is 2. The molecule has 1 heterocycles. The van der Waals surface area contributed by atoms with Crippen LogP contribution in [0.3, 0.4) is 0 Å². The second kappa shape index (κ2) is 5.22. The molecule has 0 bridgehead atoms. The lowest BCUT2D eigenvalue weighted by atomic mass is 10.1. The summed E-state index contributed by atoms with van der Waals surface area (Å²) in [5, 5.41) is 5.45. The number of hydrogen-bond donors (Lipinski definition) is 2. The molecule has 102 valence electrons. The van der Waals surface area contributed by atoms with Crippen LogP contribution >= 0.6 is 11.6 Å². The van der Waals surface area contributed by atoms with E-state index in [1.54, 1.807) is 0 Å². The highest BCUT2D eigenvalue weighted by Gasteiger charge is 2.04. The van der Waals surface area contributed by atoms with Gasteiger partial charge in [0.05, 0.1) is 0 Å². The first-order chi connectivity index (χ1) is 9.61. The van der Waals surface area contributed by atoms with Gasteiger partial charge in [-0.3, -0.25) is 0 Å². The highest BCUT2D eigenvalue weighted by molar-refractivity contribution is 6.31. The predicted molar refractivity (Wildman–Crippen MR) is 86.6 cm³/mol. The number of hydrogen-bond acceptors (Lipinski definition) is 1. The van der Waals surface area contributed by atoms with Gasteiger partial charge in [-0.15, -0.1) is 0 Å². The predicted octanol–water partition coefficient (Wildman–Crippen LogP) is 5.05. The van der Waals surface area contributed by atoms with E-state index in [4.69, 9.17) is 11.6 Å². The van der Waals surface area contributed by atoms with Crippen molar-refractivity contribution in [3.05, 3.63) is 64.3 Å². The van der Waals surface area contributed by atoms with Crippen molar-refractivity contribution in [2.24, 2.45) is 0 Å². The average molecular weight is 285 g/mol. The van der Waals surface area contributed by atoms with Gasteiger partial charge in [-0.05, 0) is 54.8 Å². The number of fused-ring (bicyclic) bond motifs is 1. The third kappa shape index (κ3) is 2.66. The minimum atomic E-state index is 0.758. The summed E-state index contributed by atoms with van der Waals surface area (Å²) in [5.41, 5.74) is 6.03. The molecule has 0 aliphatic rings. The van der Waals surface area contributed by atoms with E-state index >= 15 is 0 Å². The number of nitrogens with one attached hydrogen (secondary N) is 2. The second-order valence-corrected chi connectivity index (χ2v) is 5.67. The molecule has 3 heteroatoms. The summed E-state index contributed by atoms with van der Waals surface area (Å²) in [6, 6.07) is 12.5. The topological polar surface area (TPSA) is 27.8 Å². The van der Waals surface area contributed by atoms with E-state index in [0.717, 1.165) is 22.8 Å². The molecule has 0 radical (unpaired) electrons. The number of benzene rings is 2. The van der Waals surface area contributed by atoms with Crippen LogP contribution in [0.1, 0.15) is 16.7 Å². The van der Waals surface area contributed by atoms with Crippen LogP contribution in [-0.4, -0.2) is 4.98 Å². The van der Waals surface area contributed by atoms with Crippen LogP contribution in [-0.2, 0) is 6.54 Å². The third-order valence-electron chi connectivity index (χ3n) is 3.43. The zero-order valence-electron chi connectivity index (χ0n) is 11.6. The van der Waals surface area contributed by atoms with Crippen molar-refractivity contribution < 1.29 is 0 Å². The van der Waals surface area contributed by atoms with Gasteiger partial charge in [0.15, 0.2) is 0 Å². The SMILES string of the molecule is Cc1cc(C)cc(NCc2c[nH]c3cc(Cl)ccc23)c1. The van der Waals surface area contributed by atoms with Gasteiger partial charge in [0, 0.05) is 34.4 Å². The number of rotatable bonds is 3. The molecule has 2 N–H and O–H groups in total. The van der Waals surface area contributed by atoms with E-state index < -0.39 is 0 Å². The molecule has 0 spiro atoms. The Hall–Kier alpha value is -1.93. The lowest BCUT2D eigenvalue weighted by Crippen LogP contribution is -1.99. The van der Waals surface area contributed by atoms with Crippen molar-refractivity contribution in [2.45, 2.75) is 20.4 Å². The number of aromatic nitrogens is 1. The Morgan fingerprint density at radius 1 is 1.05 bits per heavy atom. The second-order valence-electron chi connectivity index (χ2n) is 5.23. The van der Waals surface area contributed by atoms with E-state index in [2.05, 4.69) is 48.4 Å². The Labute approximate surface area is 123 Å². The molecule has 0 atom stereocenters. The van der Waals surface area contributed by atoms with Gasteiger partial charge in [-0.25, -0.2) is 0 Å². The largest absolute Gasteiger partial charge is 0.381 e. The van der Waals surface area contributed by atoms with Gasteiger partial charge < -0.3 is 10.3 Å². The van der Waals surface area contributed by atoms with Gasteiger partial charge >= 0.3 is 0 Å². The maximum absolute atomic E-state index is 6.00. The highest BCUT2D eigenvalue weighted by Crippen LogP contribution is 2.23. The summed E-state index contributed by atoms with van der Waals surface area (Å²) in [4.78, 5) is 3.26. The summed E-state index contributed by atoms with van der Waals surface area (Å²) < 4.78 is 0. The molecule has 0 saturated carbocycles. The molecule has 2 aromatic carbocycles. The average Bonchev–Trinajstić information content (AvgIpc) is 2.77. The zero-order valence-corrected chi connectivity index (χ0v) is 12.4. The minimum Gasteiger partial charge on any atom is -0.381 e. The normalized spacial score (nSPS) is 10.9. The van der Waals surface area contributed by atoms with Gasteiger partial charge in [-0.1, -0.05) is 23.7 Å². The Bertz CT molecular complexity index is 739. The molecule has 0 aliphatic carbocycles. The fourth-order valence-corrected chi connectivity index (χ4v) is 2.75. The van der Waals surface area contributed by atoms with Gasteiger partial charge in [0.1, 0.15) is 0 Å². The molecule has 1 aromatic heterocycles. The molecule has 0 fully saturated rings. The number of H-pyrrole nitrogens is 1. The zero-order chi connectivity index (χ0) is 14.1. The number of halogens is 1. The molecule has 3 rings (SSSR count). The van der Waals surface area contributed by atoms with Crippen molar-refractivity contribution in [2.75, 3.05) is 5.32 Å². The van der Waals surface area contributed by atoms with Gasteiger partial charge in [0.2, 0.25) is 0 Å². The molecular formula is C17H17ClN2. The minimum absolute atomic E-state index is 0.758. The lowest BCUT2D eigenvalue weighted by molar-refractivity contribution is 1.16. The van der Waals surface area contributed by atoms with Crippen LogP contribution in [0.25, 0.3) is 10.9 Å². The van der Waals surface area contributed by atoms with E-state index in [1.807, 2.05) is 18.3 Å².